The zero-order valence-electron chi connectivity index (χ0n) is 12.5. The molecule has 0 saturated heterocycles. The summed E-state index contributed by atoms with van der Waals surface area (Å²) in [6.45, 7) is 14.8. The van der Waals surface area contributed by atoms with Crippen LogP contribution in [0.15, 0.2) is 18.2 Å². The number of benzene rings is 1. The average molecular weight is 236 g/mol. The van der Waals surface area contributed by atoms with Gasteiger partial charge in [0.15, 0.2) is 0 Å². The van der Waals surface area contributed by atoms with E-state index in [1.807, 2.05) is 13.8 Å². The van der Waals surface area contributed by atoms with Crippen LogP contribution >= 0.6 is 0 Å². The highest BCUT2D eigenvalue weighted by molar-refractivity contribution is 5.42. The first-order valence-electron chi connectivity index (χ1n) is 6.82. The van der Waals surface area contributed by atoms with Crippen molar-refractivity contribution in [1.82, 2.24) is 0 Å². The van der Waals surface area contributed by atoms with E-state index in [9.17, 15) is 0 Å². The van der Waals surface area contributed by atoms with Crippen LogP contribution in [0.1, 0.15) is 65.0 Å². The third-order valence-electron chi connectivity index (χ3n) is 2.76. The summed E-state index contributed by atoms with van der Waals surface area (Å²) in [6, 6.07) is 6.38. The molecule has 0 aliphatic rings. The van der Waals surface area contributed by atoms with E-state index in [0.717, 1.165) is 12.2 Å². The van der Waals surface area contributed by atoms with Gasteiger partial charge in [-0.2, -0.15) is 0 Å². The molecule has 1 aromatic rings. The SMILES string of the molecule is CC.CCC(C)Oc1c(C)cccc1C(C)C. The maximum atomic E-state index is 5.99. The zero-order valence-corrected chi connectivity index (χ0v) is 12.5. The van der Waals surface area contributed by atoms with Gasteiger partial charge in [0.25, 0.3) is 0 Å². The van der Waals surface area contributed by atoms with Gasteiger partial charge >= 0.3 is 0 Å². The van der Waals surface area contributed by atoms with E-state index in [1.54, 1.807) is 0 Å². The molecule has 1 unspecified atom stereocenters. The Balaban J connectivity index is 0.00000121. The summed E-state index contributed by atoms with van der Waals surface area (Å²) in [6.07, 6.45) is 1.34. The number of rotatable bonds is 4. The molecule has 0 aliphatic carbocycles. The molecule has 0 bridgehead atoms. The van der Waals surface area contributed by atoms with Gasteiger partial charge in [0, 0.05) is 0 Å². The van der Waals surface area contributed by atoms with Gasteiger partial charge in [-0.1, -0.05) is 52.8 Å². The third-order valence-corrected chi connectivity index (χ3v) is 2.76. The molecule has 1 rings (SSSR count). The summed E-state index contributed by atoms with van der Waals surface area (Å²) in [4.78, 5) is 0. The average Bonchev–Trinajstić information content (AvgIpc) is 2.33. The topological polar surface area (TPSA) is 9.23 Å². The largest absolute Gasteiger partial charge is 0.490 e. The van der Waals surface area contributed by atoms with Crippen LogP contribution in [0, 0.1) is 6.92 Å². The van der Waals surface area contributed by atoms with E-state index in [0.29, 0.717) is 12.0 Å². The molecule has 0 N–H and O–H groups in total. The molecule has 1 heteroatoms. The molecule has 0 spiro atoms. The van der Waals surface area contributed by atoms with Gasteiger partial charge in [-0.05, 0) is 37.3 Å². The quantitative estimate of drug-likeness (QED) is 0.687. The van der Waals surface area contributed by atoms with Crippen molar-refractivity contribution in [3.05, 3.63) is 29.3 Å². The first-order chi connectivity index (χ1) is 8.06. The van der Waals surface area contributed by atoms with Gasteiger partial charge in [-0.15, -0.1) is 0 Å². The van der Waals surface area contributed by atoms with E-state index >= 15 is 0 Å². The highest BCUT2D eigenvalue weighted by Gasteiger charge is 2.12. The fourth-order valence-corrected chi connectivity index (χ4v) is 1.58. The molecule has 0 amide bonds. The van der Waals surface area contributed by atoms with Crippen molar-refractivity contribution < 1.29 is 4.74 Å². The molecule has 0 radical (unpaired) electrons. The Labute approximate surface area is 107 Å². The van der Waals surface area contributed by atoms with Crippen molar-refractivity contribution in [3.8, 4) is 5.75 Å². The lowest BCUT2D eigenvalue weighted by Crippen LogP contribution is -2.12. The summed E-state index contributed by atoms with van der Waals surface area (Å²) in [5.74, 6) is 1.60. The molecule has 98 valence electrons. The summed E-state index contributed by atoms with van der Waals surface area (Å²) in [7, 11) is 0. The van der Waals surface area contributed by atoms with Gasteiger partial charge in [-0.25, -0.2) is 0 Å². The molecule has 0 saturated carbocycles. The Morgan fingerprint density at radius 3 is 2.18 bits per heavy atom. The molecular formula is C16H28O. The molecule has 1 nitrogen and oxygen atoms in total. The molecule has 0 aromatic heterocycles. The molecule has 1 atom stereocenters. The van der Waals surface area contributed by atoms with Gasteiger partial charge in [0.05, 0.1) is 6.10 Å². The summed E-state index contributed by atoms with van der Waals surface area (Å²) >= 11 is 0. The minimum absolute atomic E-state index is 0.295. The van der Waals surface area contributed by atoms with E-state index in [2.05, 4.69) is 52.8 Å². The first-order valence-corrected chi connectivity index (χ1v) is 6.82. The second-order valence-corrected chi connectivity index (χ2v) is 4.48. The molecule has 0 fully saturated rings. The fourth-order valence-electron chi connectivity index (χ4n) is 1.58. The van der Waals surface area contributed by atoms with Crippen LogP contribution in [0.2, 0.25) is 0 Å². The number of aryl methyl sites for hydroxylation is 1. The number of hydrogen-bond acceptors (Lipinski definition) is 1. The van der Waals surface area contributed by atoms with E-state index in [4.69, 9.17) is 4.74 Å². The second kappa shape index (κ2) is 8.16. The fraction of sp³-hybridized carbons (Fsp3) is 0.625. The Hall–Kier alpha value is -0.980. The monoisotopic (exact) mass is 236 g/mol. The predicted molar refractivity (Wildman–Crippen MR) is 77.0 cm³/mol. The summed E-state index contributed by atoms with van der Waals surface area (Å²) < 4.78 is 5.99. The number of para-hydroxylation sites is 1. The lowest BCUT2D eigenvalue weighted by molar-refractivity contribution is 0.213. The van der Waals surface area contributed by atoms with Crippen molar-refractivity contribution in [2.24, 2.45) is 0 Å². The van der Waals surface area contributed by atoms with Crippen molar-refractivity contribution >= 4 is 0 Å². The van der Waals surface area contributed by atoms with Crippen LogP contribution in [0.5, 0.6) is 5.75 Å². The van der Waals surface area contributed by atoms with E-state index in [-0.39, 0.29) is 0 Å². The van der Waals surface area contributed by atoms with Crippen LogP contribution in [0.25, 0.3) is 0 Å². The van der Waals surface area contributed by atoms with Crippen LogP contribution in [-0.2, 0) is 0 Å². The molecule has 17 heavy (non-hydrogen) atoms. The smallest absolute Gasteiger partial charge is 0.126 e. The lowest BCUT2D eigenvalue weighted by atomic mass is 9.99. The van der Waals surface area contributed by atoms with Crippen molar-refractivity contribution in [2.75, 3.05) is 0 Å². The first kappa shape index (κ1) is 16.0. The standard InChI is InChI=1S/C14H22O.C2H6/c1-6-12(5)15-14-11(4)8-7-9-13(14)10(2)3;1-2/h7-10,12H,6H2,1-5H3;1-2H3. The van der Waals surface area contributed by atoms with Crippen LogP contribution < -0.4 is 4.74 Å². The molecular weight excluding hydrogens is 208 g/mol. The molecule has 1 aromatic carbocycles. The Morgan fingerprint density at radius 2 is 1.71 bits per heavy atom. The van der Waals surface area contributed by atoms with Crippen molar-refractivity contribution in [3.63, 3.8) is 0 Å². The van der Waals surface area contributed by atoms with Crippen LogP contribution in [-0.4, -0.2) is 6.10 Å². The minimum atomic E-state index is 0.295. The maximum Gasteiger partial charge on any atom is 0.126 e. The maximum absolute atomic E-state index is 5.99. The van der Waals surface area contributed by atoms with Crippen molar-refractivity contribution in [1.29, 1.82) is 0 Å². The van der Waals surface area contributed by atoms with Gasteiger partial charge in [-0.3, -0.25) is 0 Å². The molecule has 0 heterocycles. The molecule has 0 aliphatic heterocycles. The third kappa shape index (κ3) is 4.80. The Kier molecular flexibility index (Phi) is 7.69. The van der Waals surface area contributed by atoms with Gasteiger partial charge < -0.3 is 4.74 Å². The predicted octanol–water partition coefficient (Wildman–Crippen LogP) is 5.32. The Morgan fingerprint density at radius 1 is 1.12 bits per heavy atom. The second-order valence-electron chi connectivity index (χ2n) is 4.48. The number of ether oxygens (including phenoxy) is 1. The van der Waals surface area contributed by atoms with Crippen LogP contribution in [0.4, 0.5) is 0 Å². The minimum Gasteiger partial charge on any atom is -0.490 e. The van der Waals surface area contributed by atoms with E-state index in [1.165, 1.54) is 11.1 Å². The normalized spacial score (nSPS) is 11.8. The van der Waals surface area contributed by atoms with Crippen LogP contribution in [0.3, 0.4) is 0 Å². The van der Waals surface area contributed by atoms with Gasteiger partial charge in [0.2, 0.25) is 0 Å². The zero-order chi connectivity index (χ0) is 13.4. The summed E-state index contributed by atoms with van der Waals surface area (Å²) in [5.41, 5.74) is 2.55. The summed E-state index contributed by atoms with van der Waals surface area (Å²) in [5, 5.41) is 0. The van der Waals surface area contributed by atoms with E-state index < -0.39 is 0 Å². The highest BCUT2D eigenvalue weighted by Crippen LogP contribution is 2.30. The lowest BCUT2D eigenvalue weighted by Gasteiger charge is -2.20. The van der Waals surface area contributed by atoms with Gasteiger partial charge in [0.1, 0.15) is 5.75 Å². The Bertz CT molecular complexity index is 315. The van der Waals surface area contributed by atoms with Crippen molar-refractivity contribution in [2.45, 2.75) is 66.9 Å². The highest BCUT2D eigenvalue weighted by atomic mass is 16.5. The number of hydrogen-bond donors (Lipinski definition) is 0.